The van der Waals surface area contributed by atoms with E-state index in [4.69, 9.17) is 5.73 Å². The van der Waals surface area contributed by atoms with E-state index in [2.05, 4.69) is 0 Å². The van der Waals surface area contributed by atoms with Gasteiger partial charge in [-0.3, -0.25) is 4.79 Å². The lowest BCUT2D eigenvalue weighted by atomic mass is 10.2. The molecule has 1 aromatic rings. The Morgan fingerprint density at radius 3 is 2.14 bits per heavy atom. The summed E-state index contributed by atoms with van der Waals surface area (Å²) < 4.78 is 38.2. The van der Waals surface area contributed by atoms with Gasteiger partial charge in [0, 0.05) is 23.8 Å². The van der Waals surface area contributed by atoms with Crippen molar-refractivity contribution in [3.05, 3.63) is 41.2 Å². The molecule has 0 spiro atoms. The van der Waals surface area contributed by atoms with E-state index in [-0.39, 0.29) is 0 Å². The number of primary amides is 1. The molecule has 1 rings (SSSR count). The first-order valence-corrected chi connectivity index (χ1v) is 3.63. The summed E-state index contributed by atoms with van der Waals surface area (Å²) in [4.78, 5) is 10.3. The van der Waals surface area contributed by atoms with E-state index >= 15 is 0 Å². The predicted molar refractivity (Wildman–Crippen MR) is 44.5 cm³/mol. The van der Waals surface area contributed by atoms with Crippen molar-refractivity contribution in [2.45, 2.75) is 0 Å². The number of carbonyl (C=O) groups excluding carboxylic acids is 1. The molecule has 0 aliphatic rings. The third-order valence-electron chi connectivity index (χ3n) is 1.46. The maximum Gasteiger partial charge on any atom is 0.241 e. The maximum atomic E-state index is 12.9. The Kier molecular flexibility index (Phi) is 2.91. The largest absolute Gasteiger partial charge is 0.366 e. The lowest BCUT2D eigenvalue weighted by Crippen LogP contribution is -2.05. The maximum absolute atomic E-state index is 12.9. The summed E-state index contributed by atoms with van der Waals surface area (Å²) in [5.74, 6) is -4.02. The lowest BCUT2D eigenvalue weighted by molar-refractivity contribution is -0.113. The third kappa shape index (κ3) is 2.35. The molecule has 1 amide bonds. The first kappa shape index (κ1) is 10.3. The van der Waals surface area contributed by atoms with E-state index in [0.29, 0.717) is 12.1 Å². The summed E-state index contributed by atoms with van der Waals surface area (Å²) >= 11 is 0. The highest BCUT2D eigenvalue weighted by Gasteiger charge is 2.08. The number of hydrogen-bond donors (Lipinski definition) is 1. The van der Waals surface area contributed by atoms with Crippen LogP contribution in [0, 0.1) is 17.5 Å². The summed E-state index contributed by atoms with van der Waals surface area (Å²) in [6, 6.07) is 1.04. The zero-order valence-electron chi connectivity index (χ0n) is 6.93. The molecule has 14 heavy (non-hydrogen) atoms. The third-order valence-corrected chi connectivity index (χ3v) is 1.46. The zero-order valence-corrected chi connectivity index (χ0v) is 6.93. The molecule has 0 radical (unpaired) electrons. The highest BCUT2D eigenvalue weighted by atomic mass is 19.1. The average Bonchev–Trinajstić information content (AvgIpc) is 2.01. The Morgan fingerprint density at radius 1 is 1.21 bits per heavy atom. The second-order valence-electron chi connectivity index (χ2n) is 2.52. The molecule has 5 heteroatoms. The van der Waals surface area contributed by atoms with Gasteiger partial charge >= 0.3 is 0 Å². The average molecular weight is 201 g/mol. The van der Waals surface area contributed by atoms with Gasteiger partial charge in [-0.2, -0.15) is 0 Å². The number of hydrogen-bond acceptors (Lipinski definition) is 1. The number of rotatable bonds is 2. The van der Waals surface area contributed by atoms with E-state index in [9.17, 15) is 18.0 Å². The fourth-order valence-electron chi connectivity index (χ4n) is 0.878. The number of halogens is 3. The fraction of sp³-hybridized carbons (Fsp3) is 0. The molecule has 2 nitrogen and oxygen atoms in total. The topological polar surface area (TPSA) is 43.1 Å². The van der Waals surface area contributed by atoms with Crippen LogP contribution in [0.15, 0.2) is 18.2 Å². The van der Waals surface area contributed by atoms with Gasteiger partial charge < -0.3 is 5.73 Å². The highest BCUT2D eigenvalue weighted by molar-refractivity contribution is 5.90. The summed E-state index contributed by atoms with van der Waals surface area (Å²) in [6.07, 6.45) is 1.64. The number of benzene rings is 1. The molecular formula is C9H6F3NO. The SMILES string of the molecule is NC(=O)/C=C\c1c(F)cc(F)cc1F. The molecule has 0 saturated carbocycles. The smallest absolute Gasteiger partial charge is 0.241 e. The summed E-state index contributed by atoms with van der Waals surface area (Å²) in [5.41, 5.74) is 4.23. The minimum Gasteiger partial charge on any atom is -0.366 e. The van der Waals surface area contributed by atoms with Crippen molar-refractivity contribution in [1.29, 1.82) is 0 Å². The summed E-state index contributed by atoms with van der Waals surface area (Å²) in [5, 5.41) is 0. The van der Waals surface area contributed by atoms with Crippen LogP contribution in [0.4, 0.5) is 13.2 Å². The number of nitrogens with two attached hydrogens (primary N) is 1. The van der Waals surface area contributed by atoms with Gasteiger partial charge in [-0.1, -0.05) is 0 Å². The van der Waals surface area contributed by atoms with Crippen LogP contribution in [0.2, 0.25) is 0 Å². The molecule has 0 fully saturated rings. The van der Waals surface area contributed by atoms with Gasteiger partial charge in [0.15, 0.2) is 0 Å². The van der Waals surface area contributed by atoms with E-state index in [0.717, 1.165) is 12.2 Å². The molecule has 74 valence electrons. The molecule has 0 bridgehead atoms. The molecule has 0 aliphatic carbocycles. The van der Waals surface area contributed by atoms with Crippen LogP contribution >= 0.6 is 0 Å². The normalized spacial score (nSPS) is 10.8. The monoisotopic (exact) mass is 201 g/mol. The Labute approximate surface area is 77.8 Å². The number of amides is 1. The van der Waals surface area contributed by atoms with Gasteiger partial charge in [-0.15, -0.1) is 0 Å². The Bertz CT molecular complexity index is 378. The Balaban J connectivity index is 3.15. The Morgan fingerprint density at radius 2 is 1.71 bits per heavy atom. The highest BCUT2D eigenvalue weighted by Crippen LogP contribution is 2.15. The van der Waals surface area contributed by atoms with Crippen molar-refractivity contribution in [1.82, 2.24) is 0 Å². The molecule has 0 unspecified atom stereocenters. The van der Waals surface area contributed by atoms with Crippen molar-refractivity contribution in [2.24, 2.45) is 5.73 Å². The fourth-order valence-corrected chi connectivity index (χ4v) is 0.878. The predicted octanol–water partition coefficient (Wildman–Crippen LogP) is 1.60. The van der Waals surface area contributed by atoms with Crippen LogP contribution in [0.1, 0.15) is 5.56 Å². The minimum atomic E-state index is -1.08. The van der Waals surface area contributed by atoms with Crippen molar-refractivity contribution in [3.8, 4) is 0 Å². The molecule has 0 aliphatic heterocycles. The van der Waals surface area contributed by atoms with Gasteiger partial charge in [0.25, 0.3) is 0 Å². The van der Waals surface area contributed by atoms with Crippen molar-refractivity contribution in [3.63, 3.8) is 0 Å². The van der Waals surface area contributed by atoms with Crippen LogP contribution in [-0.2, 0) is 4.79 Å². The van der Waals surface area contributed by atoms with Crippen molar-refractivity contribution in [2.75, 3.05) is 0 Å². The van der Waals surface area contributed by atoms with Crippen LogP contribution in [0.5, 0.6) is 0 Å². The summed E-state index contributed by atoms with van der Waals surface area (Å²) in [6.45, 7) is 0. The van der Waals surface area contributed by atoms with Gasteiger partial charge in [0.2, 0.25) is 5.91 Å². The van der Waals surface area contributed by atoms with Crippen LogP contribution in [-0.4, -0.2) is 5.91 Å². The van der Waals surface area contributed by atoms with E-state index in [1.165, 1.54) is 0 Å². The lowest BCUT2D eigenvalue weighted by Gasteiger charge is -1.98. The molecule has 2 N–H and O–H groups in total. The molecule has 0 aromatic heterocycles. The first-order chi connectivity index (χ1) is 6.50. The quantitative estimate of drug-likeness (QED) is 0.725. The van der Waals surface area contributed by atoms with E-state index in [1.807, 2.05) is 0 Å². The van der Waals surface area contributed by atoms with Crippen LogP contribution in [0.25, 0.3) is 6.08 Å². The minimum absolute atomic E-state index is 0.495. The molecular weight excluding hydrogens is 195 g/mol. The Hall–Kier alpha value is -1.78. The second kappa shape index (κ2) is 3.95. The zero-order chi connectivity index (χ0) is 10.7. The van der Waals surface area contributed by atoms with Crippen molar-refractivity contribution < 1.29 is 18.0 Å². The number of carbonyl (C=O) groups is 1. The molecule has 1 aromatic carbocycles. The van der Waals surface area contributed by atoms with Gasteiger partial charge in [0.1, 0.15) is 17.5 Å². The van der Waals surface area contributed by atoms with E-state index in [1.54, 1.807) is 0 Å². The van der Waals surface area contributed by atoms with Crippen LogP contribution < -0.4 is 5.73 Å². The second-order valence-corrected chi connectivity index (χ2v) is 2.52. The van der Waals surface area contributed by atoms with E-state index < -0.39 is 28.9 Å². The van der Waals surface area contributed by atoms with Crippen LogP contribution in [0.3, 0.4) is 0 Å². The molecule has 0 saturated heterocycles. The molecule has 0 heterocycles. The van der Waals surface area contributed by atoms with Crippen molar-refractivity contribution >= 4 is 12.0 Å². The first-order valence-electron chi connectivity index (χ1n) is 3.63. The summed E-state index contributed by atoms with van der Waals surface area (Å²) in [7, 11) is 0. The van der Waals surface area contributed by atoms with Gasteiger partial charge in [-0.25, -0.2) is 13.2 Å². The van der Waals surface area contributed by atoms with Gasteiger partial charge in [0.05, 0.1) is 0 Å². The standard InChI is InChI=1S/C9H6F3NO/c10-5-3-7(11)6(8(12)4-5)1-2-9(13)14/h1-4H,(H2,13,14)/b2-1-. The molecule has 0 atom stereocenters. The van der Waals surface area contributed by atoms with Gasteiger partial charge in [-0.05, 0) is 6.08 Å².